The van der Waals surface area contributed by atoms with Crippen LogP contribution in [0.2, 0.25) is 0 Å². The molecule has 0 aliphatic carbocycles. The van der Waals surface area contributed by atoms with Gasteiger partial charge in [-0.15, -0.1) is 0 Å². The number of halogens is 2. The highest BCUT2D eigenvalue weighted by atomic mass is 19.1. The molecule has 5 heteroatoms. The third-order valence-electron chi connectivity index (χ3n) is 2.16. The summed E-state index contributed by atoms with van der Waals surface area (Å²) in [4.78, 5) is 3.71. The van der Waals surface area contributed by atoms with Crippen molar-refractivity contribution in [2.24, 2.45) is 0 Å². The van der Waals surface area contributed by atoms with Gasteiger partial charge in [-0.2, -0.15) is 0 Å². The minimum Gasteiger partial charge on any atom is -0.290 e. The van der Waals surface area contributed by atoms with Crippen LogP contribution < -0.4 is 10.4 Å². The smallest absolute Gasteiger partial charge is 0.179 e. The van der Waals surface area contributed by atoms with Crippen LogP contribution in [0.15, 0.2) is 12.3 Å². The Kier molecular flexibility index (Phi) is 2.58. The van der Waals surface area contributed by atoms with Crippen molar-refractivity contribution in [1.82, 2.24) is 10.4 Å². The number of anilines is 1. The van der Waals surface area contributed by atoms with Crippen LogP contribution in [-0.4, -0.2) is 18.1 Å². The van der Waals surface area contributed by atoms with Crippen LogP contribution in [0, 0.1) is 11.6 Å². The lowest BCUT2D eigenvalue weighted by Crippen LogP contribution is -2.44. The fourth-order valence-corrected chi connectivity index (χ4v) is 1.47. The molecule has 0 radical (unpaired) electrons. The Morgan fingerprint density at radius 2 is 2.21 bits per heavy atom. The zero-order chi connectivity index (χ0) is 9.97. The molecule has 0 amide bonds. The Hall–Kier alpha value is -1.23. The Bertz CT molecular complexity index is 324. The summed E-state index contributed by atoms with van der Waals surface area (Å²) < 4.78 is 25.8. The van der Waals surface area contributed by atoms with Crippen LogP contribution in [0.1, 0.15) is 12.8 Å². The second-order valence-electron chi connectivity index (χ2n) is 3.23. The quantitative estimate of drug-likeness (QED) is 0.742. The highest BCUT2D eigenvalue weighted by Gasteiger charge is 2.15. The molecule has 1 N–H and O–H groups in total. The number of hydrogen-bond donors (Lipinski definition) is 1. The normalized spacial score (nSPS) is 17.1. The molecule has 1 aromatic rings. The Morgan fingerprint density at radius 1 is 1.36 bits per heavy atom. The molecule has 1 aliphatic heterocycles. The molecule has 0 atom stereocenters. The number of rotatable bonds is 1. The van der Waals surface area contributed by atoms with Crippen molar-refractivity contribution in [1.29, 1.82) is 0 Å². The molecule has 1 aliphatic rings. The molecular weight excluding hydrogens is 188 g/mol. The minimum atomic E-state index is -0.650. The van der Waals surface area contributed by atoms with Crippen molar-refractivity contribution >= 4 is 5.82 Å². The van der Waals surface area contributed by atoms with Crippen molar-refractivity contribution in [2.45, 2.75) is 12.8 Å². The lowest BCUT2D eigenvalue weighted by Gasteiger charge is -2.28. The first-order valence-corrected chi connectivity index (χ1v) is 4.59. The van der Waals surface area contributed by atoms with Gasteiger partial charge in [0.15, 0.2) is 11.6 Å². The zero-order valence-corrected chi connectivity index (χ0v) is 7.63. The molecule has 0 unspecified atom stereocenters. The van der Waals surface area contributed by atoms with Gasteiger partial charge in [-0.1, -0.05) is 0 Å². The van der Waals surface area contributed by atoms with E-state index in [0.717, 1.165) is 31.6 Å². The second-order valence-corrected chi connectivity index (χ2v) is 3.23. The first kappa shape index (κ1) is 9.33. The maximum absolute atomic E-state index is 13.3. The summed E-state index contributed by atoms with van der Waals surface area (Å²) in [7, 11) is 0. The summed E-state index contributed by atoms with van der Waals surface area (Å²) in [6.07, 6.45) is 3.08. The summed E-state index contributed by atoms with van der Waals surface area (Å²) in [5.41, 5.74) is 3.00. The number of hydrogen-bond acceptors (Lipinski definition) is 3. The number of aromatic nitrogens is 1. The summed E-state index contributed by atoms with van der Waals surface area (Å²) >= 11 is 0. The molecule has 1 fully saturated rings. The van der Waals surface area contributed by atoms with Crippen LogP contribution in [0.3, 0.4) is 0 Å². The van der Waals surface area contributed by atoms with Crippen LogP contribution >= 0.6 is 0 Å². The molecule has 2 rings (SSSR count). The molecule has 76 valence electrons. The van der Waals surface area contributed by atoms with Gasteiger partial charge in [0.2, 0.25) is 0 Å². The first-order valence-electron chi connectivity index (χ1n) is 4.59. The van der Waals surface area contributed by atoms with Crippen molar-refractivity contribution < 1.29 is 8.78 Å². The molecule has 14 heavy (non-hydrogen) atoms. The minimum absolute atomic E-state index is 0.172. The fraction of sp³-hybridized carbons (Fsp3) is 0.444. The van der Waals surface area contributed by atoms with E-state index in [4.69, 9.17) is 0 Å². The third kappa shape index (κ3) is 1.82. The van der Waals surface area contributed by atoms with Gasteiger partial charge >= 0.3 is 0 Å². The van der Waals surface area contributed by atoms with Gasteiger partial charge in [0.25, 0.3) is 0 Å². The van der Waals surface area contributed by atoms with Crippen molar-refractivity contribution in [3.05, 3.63) is 23.9 Å². The summed E-state index contributed by atoms with van der Waals surface area (Å²) in [5.74, 6) is -1.10. The Morgan fingerprint density at radius 3 is 2.86 bits per heavy atom. The average molecular weight is 199 g/mol. The predicted octanol–water partition coefficient (Wildman–Crippen LogP) is 1.46. The van der Waals surface area contributed by atoms with Crippen LogP contribution in [0.25, 0.3) is 0 Å². The summed E-state index contributed by atoms with van der Waals surface area (Å²) in [6.45, 7) is 1.51. The number of nitrogens with one attached hydrogen (secondary N) is 1. The van der Waals surface area contributed by atoms with Gasteiger partial charge in [-0.25, -0.2) is 19.2 Å². The van der Waals surface area contributed by atoms with Gasteiger partial charge in [-0.3, -0.25) is 5.01 Å². The van der Waals surface area contributed by atoms with Gasteiger partial charge in [0, 0.05) is 19.2 Å². The number of nitrogens with zero attached hydrogens (tertiary/aromatic N) is 2. The van der Waals surface area contributed by atoms with Gasteiger partial charge in [-0.05, 0) is 12.8 Å². The van der Waals surface area contributed by atoms with Gasteiger partial charge in [0.05, 0.1) is 6.20 Å². The van der Waals surface area contributed by atoms with Crippen molar-refractivity contribution in [3.63, 3.8) is 0 Å². The standard InChI is InChI=1S/C9H11F2N3/c10-7-5-8(11)9(12-6-7)14-4-2-1-3-13-14/h5-6,13H,1-4H2. The third-order valence-corrected chi connectivity index (χ3v) is 2.16. The molecular formula is C9H11F2N3. The molecule has 0 saturated carbocycles. The van der Waals surface area contributed by atoms with Crippen molar-refractivity contribution in [2.75, 3.05) is 18.1 Å². The molecule has 0 spiro atoms. The van der Waals surface area contributed by atoms with Crippen LogP contribution in [-0.2, 0) is 0 Å². The highest BCUT2D eigenvalue weighted by molar-refractivity contribution is 5.38. The zero-order valence-electron chi connectivity index (χ0n) is 7.63. The van der Waals surface area contributed by atoms with E-state index in [1.165, 1.54) is 0 Å². The van der Waals surface area contributed by atoms with Crippen molar-refractivity contribution in [3.8, 4) is 0 Å². The highest BCUT2D eigenvalue weighted by Crippen LogP contribution is 2.17. The Balaban J connectivity index is 2.22. The largest absolute Gasteiger partial charge is 0.290 e. The average Bonchev–Trinajstić information content (AvgIpc) is 2.19. The maximum Gasteiger partial charge on any atom is 0.179 e. The molecule has 0 bridgehead atoms. The molecule has 1 saturated heterocycles. The monoisotopic (exact) mass is 199 g/mol. The van der Waals surface area contributed by atoms with E-state index in [9.17, 15) is 8.78 Å². The molecule has 2 heterocycles. The van der Waals surface area contributed by atoms with E-state index in [-0.39, 0.29) is 5.82 Å². The maximum atomic E-state index is 13.3. The van der Waals surface area contributed by atoms with E-state index in [1.807, 2.05) is 0 Å². The molecule has 0 aromatic carbocycles. The van der Waals surface area contributed by atoms with E-state index in [2.05, 4.69) is 10.4 Å². The van der Waals surface area contributed by atoms with Crippen LogP contribution in [0.4, 0.5) is 14.6 Å². The molecule has 1 aromatic heterocycles. The van der Waals surface area contributed by atoms with E-state index >= 15 is 0 Å². The van der Waals surface area contributed by atoms with Gasteiger partial charge < -0.3 is 0 Å². The molecule has 3 nitrogen and oxygen atoms in total. The summed E-state index contributed by atoms with van der Waals surface area (Å²) in [6, 6.07) is 0.846. The van der Waals surface area contributed by atoms with E-state index in [1.54, 1.807) is 5.01 Å². The number of pyridine rings is 1. The lowest BCUT2D eigenvalue weighted by molar-refractivity contribution is 0.488. The van der Waals surface area contributed by atoms with Gasteiger partial charge in [0.1, 0.15) is 5.82 Å². The first-order chi connectivity index (χ1) is 6.77. The predicted molar refractivity (Wildman–Crippen MR) is 48.7 cm³/mol. The summed E-state index contributed by atoms with van der Waals surface area (Å²) in [5, 5.41) is 1.62. The lowest BCUT2D eigenvalue weighted by atomic mass is 10.2. The van der Waals surface area contributed by atoms with Crippen LogP contribution in [0.5, 0.6) is 0 Å². The SMILES string of the molecule is Fc1cnc(N2CCCCN2)c(F)c1. The number of hydrazine groups is 1. The van der Waals surface area contributed by atoms with E-state index < -0.39 is 11.6 Å². The Labute approximate surface area is 80.7 Å². The fourth-order valence-electron chi connectivity index (χ4n) is 1.47. The second kappa shape index (κ2) is 3.88. The topological polar surface area (TPSA) is 28.2 Å². The van der Waals surface area contributed by atoms with E-state index in [0.29, 0.717) is 6.54 Å².